The molecule has 9 nitrogen and oxygen atoms in total. The molecule has 29 heavy (non-hydrogen) atoms. The third-order valence-corrected chi connectivity index (χ3v) is 5.34. The van der Waals surface area contributed by atoms with Gasteiger partial charge >= 0.3 is 5.82 Å². The lowest BCUT2D eigenvalue weighted by Crippen LogP contribution is -2.15. The second-order valence-corrected chi connectivity index (χ2v) is 7.39. The van der Waals surface area contributed by atoms with Crippen LogP contribution in [-0.4, -0.2) is 30.2 Å². The van der Waals surface area contributed by atoms with Crippen LogP contribution < -0.4 is 5.32 Å². The molecular weight excluding hydrogens is 392 g/mol. The Kier molecular flexibility index (Phi) is 5.09. The number of nitrogens with zero attached hydrogens (tertiary/aromatic N) is 5. The van der Waals surface area contributed by atoms with Gasteiger partial charge in [0.15, 0.2) is 0 Å². The Morgan fingerprint density at radius 1 is 1.31 bits per heavy atom. The second-order valence-electron chi connectivity index (χ2n) is 6.48. The summed E-state index contributed by atoms with van der Waals surface area (Å²) in [6, 6.07) is 10.9. The molecule has 1 amide bonds. The predicted molar refractivity (Wildman–Crippen MR) is 110 cm³/mol. The molecule has 4 aromatic rings. The minimum atomic E-state index is -0.536. The molecule has 0 saturated carbocycles. The third kappa shape index (κ3) is 3.87. The summed E-state index contributed by atoms with van der Waals surface area (Å²) >= 11 is 1.31. The second kappa shape index (κ2) is 7.84. The highest BCUT2D eigenvalue weighted by atomic mass is 32.1. The number of anilines is 1. The molecule has 0 bridgehead atoms. The zero-order chi connectivity index (χ0) is 20.4. The lowest BCUT2D eigenvalue weighted by atomic mass is 10.3. The van der Waals surface area contributed by atoms with Gasteiger partial charge in [0.1, 0.15) is 0 Å². The molecular formula is C19H18N6O3S. The maximum absolute atomic E-state index is 12.7. The summed E-state index contributed by atoms with van der Waals surface area (Å²) in [7, 11) is 0. The number of imidazole rings is 1. The summed E-state index contributed by atoms with van der Waals surface area (Å²) in [5.74, 6) is 0.0871. The fraction of sp³-hybridized carbons (Fsp3) is 0.211. The molecule has 10 heteroatoms. The van der Waals surface area contributed by atoms with Crippen molar-refractivity contribution in [2.24, 2.45) is 0 Å². The van der Waals surface area contributed by atoms with E-state index in [1.54, 1.807) is 12.3 Å². The summed E-state index contributed by atoms with van der Waals surface area (Å²) in [5.41, 5.74) is 2.67. The number of amides is 1. The van der Waals surface area contributed by atoms with Crippen molar-refractivity contribution in [3.8, 4) is 0 Å². The Morgan fingerprint density at radius 2 is 2.14 bits per heavy atom. The number of thiophene rings is 1. The minimum absolute atomic E-state index is 0.201. The number of carbonyl (C=O) groups is 1. The van der Waals surface area contributed by atoms with Gasteiger partial charge in [0, 0.05) is 6.54 Å². The average molecular weight is 410 g/mol. The first-order valence-electron chi connectivity index (χ1n) is 9.07. The lowest BCUT2D eigenvalue weighted by Gasteiger charge is -2.08. The molecule has 3 aromatic heterocycles. The number of hydrogen-bond acceptors (Lipinski definition) is 6. The van der Waals surface area contributed by atoms with Crippen molar-refractivity contribution in [3.63, 3.8) is 0 Å². The molecule has 0 aliphatic rings. The van der Waals surface area contributed by atoms with Crippen LogP contribution in [0.15, 0.2) is 48.0 Å². The van der Waals surface area contributed by atoms with Crippen molar-refractivity contribution in [1.29, 1.82) is 0 Å². The highest BCUT2D eigenvalue weighted by molar-refractivity contribution is 7.12. The van der Waals surface area contributed by atoms with Crippen LogP contribution in [0.4, 0.5) is 11.8 Å². The van der Waals surface area contributed by atoms with Gasteiger partial charge in [0.25, 0.3) is 5.91 Å². The summed E-state index contributed by atoms with van der Waals surface area (Å²) in [4.78, 5) is 28.0. The number of benzene rings is 1. The van der Waals surface area contributed by atoms with Gasteiger partial charge in [-0.3, -0.25) is 10.1 Å². The van der Waals surface area contributed by atoms with Crippen molar-refractivity contribution < 1.29 is 9.72 Å². The van der Waals surface area contributed by atoms with Crippen LogP contribution in [0.1, 0.15) is 28.6 Å². The first kappa shape index (κ1) is 18.8. The molecule has 148 valence electrons. The van der Waals surface area contributed by atoms with Crippen LogP contribution in [0.3, 0.4) is 0 Å². The fourth-order valence-corrected chi connectivity index (χ4v) is 3.88. The smallest absolute Gasteiger partial charge is 0.358 e. The summed E-state index contributed by atoms with van der Waals surface area (Å²) in [5, 5.41) is 19.4. The van der Waals surface area contributed by atoms with Gasteiger partial charge in [0.2, 0.25) is 5.95 Å². The Morgan fingerprint density at radius 3 is 2.90 bits per heavy atom. The molecule has 0 atom stereocenters. The molecule has 0 fully saturated rings. The zero-order valence-electron chi connectivity index (χ0n) is 15.6. The van der Waals surface area contributed by atoms with Gasteiger partial charge < -0.3 is 14.7 Å². The molecule has 3 heterocycles. The number of hydrogen-bond donors (Lipinski definition) is 1. The summed E-state index contributed by atoms with van der Waals surface area (Å²) in [6.07, 6.45) is 2.46. The lowest BCUT2D eigenvalue weighted by molar-refractivity contribution is -0.389. The number of aromatic nitrogens is 4. The number of rotatable bonds is 7. The highest BCUT2D eigenvalue weighted by Crippen LogP contribution is 2.22. The number of fused-ring (bicyclic) bond motifs is 1. The van der Waals surface area contributed by atoms with Crippen molar-refractivity contribution in [2.45, 2.75) is 26.4 Å². The number of aryl methyl sites for hydroxylation is 1. The van der Waals surface area contributed by atoms with Gasteiger partial charge in [0.05, 0.1) is 39.8 Å². The molecule has 0 aliphatic carbocycles. The van der Waals surface area contributed by atoms with E-state index in [0.29, 0.717) is 17.4 Å². The predicted octanol–water partition coefficient (Wildman–Crippen LogP) is 3.91. The van der Waals surface area contributed by atoms with Crippen LogP contribution >= 0.6 is 11.3 Å². The molecule has 0 saturated heterocycles. The van der Waals surface area contributed by atoms with Gasteiger partial charge in [-0.2, -0.15) is 4.68 Å². The van der Waals surface area contributed by atoms with Gasteiger partial charge in [-0.1, -0.05) is 19.1 Å². The Bertz CT molecular complexity index is 1190. The molecule has 4 rings (SSSR count). The third-order valence-electron chi connectivity index (χ3n) is 4.36. The molecule has 0 unspecified atom stereocenters. The summed E-state index contributed by atoms with van der Waals surface area (Å²) in [6.45, 7) is 3.18. The Balaban J connectivity index is 1.51. The molecule has 0 radical (unpaired) electrons. The highest BCUT2D eigenvalue weighted by Gasteiger charge is 2.17. The van der Waals surface area contributed by atoms with E-state index in [9.17, 15) is 14.9 Å². The van der Waals surface area contributed by atoms with Crippen LogP contribution in [0.2, 0.25) is 0 Å². The maximum atomic E-state index is 12.7. The van der Waals surface area contributed by atoms with Gasteiger partial charge in [-0.15, -0.1) is 11.3 Å². The van der Waals surface area contributed by atoms with E-state index in [0.717, 1.165) is 29.6 Å². The van der Waals surface area contributed by atoms with E-state index >= 15 is 0 Å². The normalized spacial score (nSPS) is 11.1. The number of para-hydroxylation sites is 2. The average Bonchev–Trinajstić information content (AvgIpc) is 3.42. The fourth-order valence-electron chi connectivity index (χ4n) is 3.09. The van der Waals surface area contributed by atoms with Crippen molar-refractivity contribution >= 4 is 40.0 Å². The topological polar surface area (TPSA) is 108 Å². The van der Waals surface area contributed by atoms with E-state index in [2.05, 4.69) is 22.3 Å². The number of nitro groups is 1. The molecule has 0 spiro atoms. The van der Waals surface area contributed by atoms with E-state index < -0.39 is 4.92 Å². The largest absolute Gasteiger partial charge is 0.389 e. The minimum Gasteiger partial charge on any atom is -0.358 e. The van der Waals surface area contributed by atoms with Gasteiger partial charge in [-0.05, 0) is 40.5 Å². The first-order chi connectivity index (χ1) is 14.0. The summed E-state index contributed by atoms with van der Waals surface area (Å²) < 4.78 is 3.48. The SMILES string of the molecule is CCCn1c(NC(=O)c2cc(Cn3ccc([N+](=O)[O-])n3)cs2)nc2ccccc21. The van der Waals surface area contributed by atoms with E-state index in [1.165, 1.54) is 22.1 Å². The van der Waals surface area contributed by atoms with Crippen molar-refractivity contribution in [3.05, 3.63) is 68.5 Å². The van der Waals surface area contributed by atoms with Crippen LogP contribution in [0.25, 0.3) is 11.0 Å². The monoisotopic (exact) mass is 410 g/mol. The van der Waals surface area contributed by atoms with Crippen molar-refractivity contribution in [2.75, 3.05) is 5.32 Å². The van der Waals surface area contributed by atoms with Crippen LogP contribution in [0, 0.1) is 10.1 Å². The van der Waals surface area contributed by atoms with Gasteiger partial charge in [-0.25, -0.2) is 4.98 Å². The zero-order valence-corrected chi connectivity index (χ0v) is 16.4. The number of nitrogens with one attached hydrogen (secondary N) is 1. The maximum Gasteiger partial charge on any atom is 0.389 e. The standard InChI is InChI=1S/C19H18N6O3S/c1-2-8-24-15-6-4-3-5-14(15)20-19(24)21-18(26)16-10-13(12-29-16)11-23-9-7-17(22-23)25(27)28/h3-7,9-10,12H,2,8,11H2,1H3,(H,20,21,26). The quantitative estimate of drug-likeness (QED) is 0.367. The molecule has 1 aromatic carbocycles. The van der Waals surface area contributed by atoms with Crippen LogP contribution in [0.5, 0.6) is 0 Å². The van der Waals surface area contributed by atoms with E-state index in [4.69, 9.17) is 0 Å². The number of carbonyl (C=O) groups excluding carboxylic acids is 1. The van der Waals surface area contributed by atoms with E-state index in [-0.39, 0.29) is 11.7 Å². The first-order valence-corrected chi connectivity index (χ1v) is 9.95. The van der Waals surface area contributed by atoms with Crippen LogP contribution in [-0.2, 0) is 13.1 Å². The molecule has 1 N–H and O–H groups in total. The molecule has 0 aliphatic heterocycles. The van der Waals surface area contributed by atoms with Crippen molar-refractivity contribution in [1.82, 2.24) is 19.3 Å². The van der Waals surface area contributed by atoms with E-state index in [1.807, 2.05) is 34.2 Å². The Labute approximate surface area is 169 Å². The Hall–Kier alpha value is -3.53.